The third-order valence-corrected chi connectivity index (χ3v) is 3.66. The summed E-state index contributed by atoms with van der Waals surface area (Å²) in [7, 11) is 0. The molecule has 90 valence electrons. The van der Waals surface area contributed by atoms with Crippen molar-refractivity contribution in [3.8, 4) is 0 Å². The van der Waals surface area contributed by atoms with Crippen LogP contribution in [0.25, 0.3) is 0 Å². The van der Waals surface area contributed by atoms with E-state index in [2.05, 4.69) is 22.8 Å². The van der Waals surface area contributed by atoms with E-state index in [0.717, 1.165) is 19.0 Å². The molecule has 3 rings (SSSR count). The predicted octanol–water partition coefficient (Wildman–Crippen LogP) is 2.11. The van der Waals surface area contributed by atoms with Crippen molar-refractivity contribution >= 4 is 11.6 Å². The molecule has 1 fully saturated rings. The molecule has 1 atom stereocenters. The summed E-state index contributed by atoms with van der Waals surface area (Å²) in [4.78, 5) is 11.8. The Morgan fingerprint density at radius 1 is 1.35 bits per heavy atom. The van der Waals surface area contributed by atoms with E-state index in [4.69, 9.17) is 0 Å². The summed E-state index contributed by atoms with van der Waals surface area (Å²) in [5.41, 5.74) is 2.47. The molecule has 2 aliphatic rings. The van der Waals surface area contributed by atoms with E-state index in [1.165, 1.54) is 24.1 Å². The minimum atomic E-state index is 0.195. The molecule has 1 aliphatic carbocycles. The van der Waals surface area contributed by atoms with Gasteiger partial charge >= 0.3 is 0 Å². The maximum absolute atomic E-state index is 11.8. The highest BCUT2D eigenvalue weighted by Gasteiger charge is 2.25. The molecule has 0 bridgehead atoms. The lowest BCUT2D eigenvalue weighted by Gasteiger charge is -2.10. The Morgan fingerprint density at radius 2 is 2.18 bits per heavy atom. The van der Waals surface area contributed by atoms with E-state index in [0.29, 0.717) is 12.3 Å². The number of anilines is 1. The number of carbonyl (C=O) groups is 1. The average molecular weight is 230 g/mol. The molecule has 0 spiro atoms. The van der Waals surface area contributed by atoms with E-state index >= 15 is 0 Å². The normalized spacial score (nSPS) is 21.8. The maximum Gasteiger partial charge on any atom is 0.220 e. The Balaban J connectivity index is 1.56. The van der Waals surface area contributed by atoms with Gasteiger partial charge in [0.15, 0.2) is 0 Å². The number of nitrogens with one attached hydrogen (secondary N) is 2. The van der Waals surface area contributed by atoms with Crippen LogP contribution in [-0.2, 0) is 4.79 Å². The van der Waals surface area contributed by atoms with Crippen LogP contribution in [-0.4, -0.2) is 19.0 Å². The summed E-state index contributed by atoms with van der Waals surface area (Å²) in [6, 6.07) is 8.27. The van der Waals surface area contributed by atoms with Gasteiger partial charge in [-0.3, -0.25) is 4.79 Å². The van der Waals surface area contributed by atoms with Gasteiger partial charge in [-0.1, -0.05) is 18.2 Å². The summed E-state index contributed by atoms with van der Waals surface area (Å²) in [5, 5.41) is 6.39. The molecule has 3 heteroatoms. The topological polar surface area (TPSA) is 41.1 Å². The highest BCUT2D eigenvalue weighted by molar-refractivity contribution is 5.78. The third-order valence-electron chi connectivity index (χ3n) is 3.66. The second-order valence-corrected chi connectivity index (χ2v) is 5.12. The fourth-order valence-electron chi connectivity index (χ4n) is 2.42. The Bertz CT molecular complexity index is 426. The van der Waals surface area contributed by atoms with Crippen LogP contribution < -0.4 is 10.6 Å². The maximum atomic E-state index is 11.8. The number of fused-ring (bicyclic) bond motifs is 1. The van der Waals surface area contributed by atoms with Gasteiger partial charge in [0.1, 0.15) is 0 Å². The second kappa shape index (κ2) is 4.40. The third kappa shape index (κ3) is 2.43. The molecule has 1 saturated carbocycles. The molecule has 1 unspecified atom stereocenters. The second-order valence-electron chi connectivity index (χ2n) is 5.12. The Kier molecular flexibility index (Phi) is 2.75. The van der Waals surface area contributed by atoms with Crippen LogP contribution >= 0.6 is 0 Å². The van der Waals surface area contributed by atoms with Gasteiger partial charge < -0.3 is 10.6 Å². The van der Waals surface area contributed by atoms with Crippen LogP contribution in [0.5, 0.6) is 0 Å². The fraction of sp³-hybridized carbons (Fsp3) is 0.500. The molecule has 0 radical (unpaired) electrons. The van der Waals surface area contributed by atoms with Gasteiger partial charge in [-0.2, -0.15) is 0 Å². The van der Waals surface area contributed by atoms with Crippen LogP contribution in [0.1, 0.15) is 30.7 Å². The average Bonchev–Trinajstić information content (AvgIpc) is 3.10. The van der Waals surface area contributed by atoms with Crippen LogP contribution in [0.2, 0.25) is 0 Å². The van der Waals surface area contributed by atoms with Gasteiger partial charge in [-0.15, -0.1) is 0 Å². The molecule has 1 heterocycles. The Labute approximate surface area is 102 Å². The number of benzene rings is 1. The lowest BCUT2D eigenvalue weighted by Crippen LogP contribution is -2.27. The molecule has 17 heavy (non-hydrogen) atoms. The molecule has 2 N–H and O–H groups in total. The monoisotopic (exact) mass is 230 g/mol. The molecule has 1 aromatic carbocycles. The van der Waals surface area contributed by atoms with Gasteiger partial charge in [0, 0.05) is 31.1 Å². The van der Waals surface area contributed by atoms with Crippen molar-refractivity contribution in [1.29, 1.82) is 0 Å². The number of amides is 1. The molecular weight excluding hydrogens is 212 g/mol. The van der Waals surface area contributed by atoms with Gasteiger partial charge in [-0.05, 0) is 30.4 Å². The predicted molar refractivity (Wildman–Crippen MR) is 68.0 cm³/mol. The molecule has 0 aromatic heterocycles. The zero-order valence-corrected chi connectivity index (χ0v) is 9.91. The first kappa shape index (κ1) is 10.6. The van der Waals surface area contributed by atoms with E-state index < -0.39 is 0 Å². The van der Waals surface area contributed by atoms with Crippen molar-refractivity contribution in [1.82, 2.24) is 5.32 Å². The SMILES string of the molecule is O=C(CC1CNc2ccccc21)NCC1CC1. The first-order valence-electron chi connectivity index (χ1n) is 6.42. The van der Waals surface area contributed by atoms with Crippen molar-refractivity contribution in [3.63, 3.8) is 0 Å². The smallest absolute Gasteiger partial charge is 0.220 e. The molecule has 1 amide bonds. The first-order chi connectivity index (χ1) is 8.33. The minimum Gasteiger partial charge on any atom is -0.384 e. The molecule has 1 aromatic rings. The molecular formula is C14H18N2O. The van der Waals surface area contributed by atoms with Crippen molar-refractivity contribution in [2.24, 2.45) is 5.92 Å². The Morgan fingerprint density at radius 3 is 3.00 bits per heavy atom. The van der Waals surface area contributed by atoms with Crippen molar-refractivity contribution in [2.75, 3.05) is 18.4 Å². The number of hydrogen-bond acceptors (Lipinski definition) is 2. The standard InChI is InChI=1S/C14H18N2O/c17-14(16-8-10-5-6-10)7-11-9-15-13-4-2-1-3-12(11)13/h1-4,10-11,15H,5-9H2,(H,16,17). The molecule has 0 saturated heterocycles. The van der Waals surface area contributed by atoms with E-state index in [1.807, 2.05) is 12.1 Å². The van der Waals surface area contributed by atoms with E-state index in [-0.39, 0.29) is 5.91 Å². The van der Waals surface area contributed by atoms with Crippen molar-refractivity contribution in [3.05, 3.63) is 29.8 Å². The summed E-state index contributed by atoms with van der Waals surface area (Å²) in [5.74, 6) is 1.29. The number of para-hydroxylation sites is 1. The molecule has 3 nitrogen and oxygen atoms in total. The van der Waals surface area contributed by atoms with Crippen LogP contribution in [0, 0.1) is 5.92 Å². The molecule has 1 aliphatic heterocycles. The number of carbonyl (C=O) groups excluding carboxylic acids is 1. The van der Waals surface area contributed by atoms with E-state index in [1.54, 1.807) is 0 Å². The summed E-state index contributed by atoms with van der Waals surface area (Å²) >= 11 is 0. The Hall–Kier alpha value is -1.51. The lowest BCUT2D eigenvalue weighted by atomic mass is 9.97. The minimum absolute atomic E-state index is 0.195. The highest BCUT2D eigenvalue weighted by atomic mass is 16.1. The first-order valence-corrected chi connectivity index (χ1v) is 6.42. The van der Waals surface area contributed by atoms with E-state index in [9.17, 15) is 4.79 Å². The zero-order valence-electron chi connectivity index (χ0n) is 9.91. The largest absolute Gasteiger partial charge is 0.384 e. The van der Waals surface area contributed by atoms with Gasteiger partial charge in [-0.25, -0.2) is 0 Å². The van der Waals surface area contributed by atoms with Crippen LogP contribution in [0.4, 0.5) is 5.69 Å². The van der Waals surface area contributed by atoms with Crippen LogP contribution in [0.15, 0.2) is 24.3 Å². The van der Waals surface area contributed by atoms with Gasteiger partial charge in [0.2, 0.25) is 5.91 Å². The van der Waals surface area contributed by atoms with Gasteiger partial charge in [0.05, 0.1) is 0 Å². The summed E-state index contributed by atoms with van der Waals surface area (Å²) in [6.45, 7) is 1.76. The zero-order chi connectivity index (χ0) is 11.7. The quantitative estimate of drug-likeness (QED) is 0.831. The lowest BCUT2D eigenvalue weighted by molar-refractivity contribution is -0.121. The number of rotatable bonds is 4. The fourth-order valence-corrected chi connectivity index (χ4v) is 2.42. The summed E-state index contributed by atoms with van der Waals surface area (Å²) in [6.07, 6.45) is 3.18. The summed E-state index contributed by atoms with van der Waals surface area (Å²) < 4.78 is 0. The number of hydrogen-bond donors (Lipinski definition) is 2. The van der Waals surface area contributed by atoms with Crippen LogP contribution in [0.3, 0.4) is 0 Å². The highest BCUT2D eigenvalue weighted by Crippen LogP contribution is 2.33. The van der Waals surface area contributed by atoms with Gasteiger partial charge in [0.25, 0.3) is 0 Å². The van der Waals surface area contributed by atoms with Crippen molar-refractivity contribution in [2.45, 2.75) is 25.2 Å². The van der Waals surface area contributed by atoms with Crippen molar-refractivity contribution < 1.29 is 4.79 Å².